The van der Waals surface area contributed by atoms with Crippen molar-refractivity contribution in [3.63, 3.8) is 0 Å². The van der Waals surface area contributed by atoms with Crippen LogP contribution in [-0.2, 0) is 21.1 Å². The van der Waals surface area contributed by atoms with Gasteiger partial charge in [0, 0.05) is 34.6 Å². The van der Waals surface area contributed by atoms with E-state index in [2.05, 4.69) is 143 Å². The van der Waals surface area contributed by atoms with Crippen LogP contribution in [0.3, 0.4) is 0 Å². The van der Waals surface area contributed by atoms with Crippen LogP contribution in [0.25, 0.3) is 77.2 Å². The third kappa shape index (κ3) is 8.45. The molecule has 4 aliphatic rings. The van der Waals surface area contributed by atoms with Gasteiger partial charge in [-0.05, 0) is 120 Å². The quantitative estimate of drug-likeness (QED) is 0.123. The van der Waals surface area contributed by atoms with E-state index in [0.29, 0.717) is 23.7 Å². The molecule has 0 spiro atoms. The molecule has 0 bridgehead atoms. The molecule has 0 aliphatic heterocycles. The van der Waals surface area contributed by atoms with Crippen LogP contribution in [-0.4, -0.2) is 18.8 Å². The van der Waals surface area contributed by atoms with Gasteiger partial charge >= 0.3 is 21.1 Å². The van der Waals surface area contributed by atoms with Crippen molar-refractivity contribution in [1.29, 1.82) is 0 Å². The number of hydrogen-bond acceptors (Lipinski definition) is 2. The Morgan fingerprint density at radius 3 is 1.03 bits per heavy atom. The fourth-order valence-electron chi connectivity index (χ4n) is 14.2. The minimum Gasteiger partial charge on any atom is -0.333 e. The van der Waals surface area contributed by atoms with Gasteiger partial charge < -0.3 is 8.80 Å². The largest absolute Gasteiger partial charge is 2.00 e. The van der Waals surface area contributed by atoms with Gasteiger partial charge in [-0.1, -0.05) is 161 Å². The molecule has 0 amide bonds. The first-order chi connectivity index (χ1) is 34.8. The van der Waals surface area contributed by atoms with E-state index in [1.807, 2.05) is 12.1 Å². The zero-order valence-corrected chi connectivity index (χ0v) is 43.5. The minimum atomic E-state index is 0. The first-order valence-electron chi connectivity index (χ1n) is 27.4. The molecule has 0 N–H and O–H groups in total. The van der Waals surface area contributed by atoms with Gasteiger partial charge in [0.05, 0.1) is 22.7 Å². The van der Waals surface area contributed by atoms with Gasteiger partial charge in [0.25, 0.3) is 0 Å². The molecule has 71 heavy (non-hydrogen) atoms. The second kappa shape index (κ2) is 20.5. The SMILES string of the molecule is [Pt+2].[c-]1cccc2c1c1ncc(-c3c(C4CCCCC4)cccc3C3CCCCC3)n1c1ccccc21.[c-]1cccc2c1c1ncc(-c3c(C4CCCCC4)cccc3C3CCCCC3)n1c1ccccc21. The second-order valence-electron chi connectivity index (χ2n) is 21.5. The first kappa shape index (κ1) is 46.5. The maximum atomic E-state index is 5.08. The summed E-state index contributed by atoms with van der Waals surface area (Å²) in [6.45, 7) is 0. The average Bonchev–Trinajstić information content (AvgIpc) is 4.11. The molecular formula is C66H66N4Pt. The Kier molecular flexibility index (Phi) is 13.4. The maximum absolute atomic E-state index is 5.08. The normalized spacial score (nSPS) is 17.8. The molecule has 6 aromatic carbocycles. The zero-order valence-electron chi connectivity index (χ0n) is 41.3. The fraction of sp³-hybridized carbons (Fsp3) is 0.364. The summed E-state index contributed by atoms with van der Waals surface area (Å²) in [7, 11) is 0. The van der Waals surface area contributed by atoms with E-state index in [1.54, 1.807) is 22.3 Å². The van der Waals surface area contributed by atoms with Crippen LogP contribution < -0.4 is 0 Å². The van der Waals surface area contributed by atoms with E-state index >= 15 is 0 Å². The van der Waals surface area contributed by atoms with Crippen molar-refractivity contribution in [1.82, 2.24) is 18.8 Å². The van der Waals surface area contributed by atoms with Gasteiger partial charge in [0.2, 0.25) is 0 Å². The minimum absolute atomic E-state index is 0. The van der Waals surface area contributed by atoms with Crippen molar-refractivity contribution < 1.29 is 21.1 Å². The molecule has 4 saturated carbocycles. The Labute approximate surface area is 434 Å². The molecule has 14 rings (SSSR count). The zero-order chi connectivity index (χ0) is 46.4. The molecule has 4 fully saturated rings. The topological polar surface area (TPSA) is 34.6 Å². The van der Waals surface area contributed by atoms with Crippen molar-refractivity contribution in [2.75, 3.05) is 0 Å². The van der Waals surface area contributed by atoms with Crippen LogP contribution in [0.5, 0.6) is 0 Å². The van der Waals surface area contributed by atoms with E-state index in [9.17, 15) is 0 Å². The standard InChI is InChI=1S/2C33H33N2.Pt/c2*1-3-12-23(13-4-1)25-19-11-20-26(24-14-5-2-6-15-24)32(25)31-22-34-33-29-18-8-7-16-27(29)28-17-9-10-21-30(28)35(31)33;/h2*7-11,16-17,19-24H,1-6,12-15H2;/q2*-1;+2. The Morgan fingerprint density at radius 2 is 0.676 bits per heavy atom. The summed E-state index contributed by atoms with van der Waals surface area (Å²) in [5.41, 5.74) is 16.3. The molecule has 360 valence electrons. The average molecular weight is 1110 g/mol. The van der Waals surface area contributed by atoms with Crippen LogP contribution in [0.2, 0.25) is 0 Å². The number of pyridine rings is 2. The van der Waals surface area contributed by atoms with Gasteiger partial charge in [0.15, 0.2) is 0 Å². The summed E-state index contributed by atoms with van der Waals surface area (Å²) in [5.74, 6) is 2.63. The smallest absolute Gasteiger partial charge is 0.333 e. The van der Waals surface area contributed by atoms with Gasteiger partial charge in [0.1, 0.15) is 0 Å². The molecule has 0 radical (unpaired) electrons. The van der Waals surface area contributed by atoms with Crippen LogP contribution in [0.1, 0.15) is 174 Å². The number of para-hydroxylation sites is 2. The second-order valence-corrected chi connectivity index (χ2v) is 21.5. The first-order valence-corrected chi connectivity index (χ1v) is 27.4. The molecule has 4 nitrogen and oxygen atoms in total. The van der Waals surface area contributed by atoms with Gasteiger partial charge in [-0.15, -0.1) is 59.3 Å². The van der Waals surface area contributed by atoms with Gasteiger partial charge in [-0.3, -0.25) is 9.97 Å². The van der Waals surface area contributed by atoms with E-state index in [-0.39, 0.29) is 21.1 Å². The Morgan fingerprint density at radius 1 is 0.352 bits per heavy atom. The Hall–Kier alpha value is -5.57. The Balaban J connectivity index is 0.000000144. The van der Waals surface area contributed by atoms with Crippen LogP contribution in [0, 0.1) is 12.1 Å². The predicted molar refractivity (Wildman–Crippen MR) is 292 cm³/mol. The summed E-state index contributed by atoms with van der Waals surface area (Å²) in [6, 6.07) is 51.8. The monoisotopic (exact) mass is 1110 g/mol. The number of benzene rings is 6. The van der Waals surface area contributed by atoms with Crippen molar-refractivity contribution in [3.8, 4) is 22.5 Å². The molecule has 10 aromatic rings. The van der Waals surface area contributed by atoms with E-state index < -0.39 is 0 Å². The van der Waals surface area contributed by atoms with Crippen molar-refractivity contribution >= 4 is 54.6 Å². The molecular weight excluding hydrogens is 1040 g/mol. The number of imidazole rings is 2. The van der Waals surface area contributed by atoms with Crippen LogP contribution >= 0.6 is 0 Å². The molecule has 4 aromatic heterocycles. The number of rotatable bonds is 6. The maximum Gasteiger partial charge on any atom is 2.00 e. The predicted octanol–water partition coefficient (Wildman–Crippen LogP) is 18.4. The van der Waals surface area contributed by atoms with Gasteiger partial charge in [-0.25, -0.2) is 0 Å². The summed E-state index contributed by atoms with van der Waals surface area (Å²) in [5, 5.41) is 7.26. The number of fused-ring (bicyclic) bond motifs is 12. The van der Waals surface area contributed by atoms with Crippen molar-refractivity contribution in [2.45, 2.75) is 152 Å². The summed E-state index contributed by atoms with van der Waals surface area (Å²) < 4.78 is 4.89. The van der Waals surface area contributed by atoms with E-state index in [1.165, 1.54) is 184 Å². The molecule has 0 saturated heterocycles. The summed E-state index contributed by atoms with van der Waals surface area (Å²) >= 11 is 0. The van der Waals surface area contributed by atoms with E-state index in [0.717, 1.165) is 22.1 Å². The number of hydrogen-bond donors (Lipinski definition) is 0. The molecule has 0 atom stereocenters. The van der Waals surface area contributed by atoms with E-state index in [4.69, 9.17) is 9.97 Å². The van der Waals surface area contributed by atoms with Gasteiger partial charge in [-0.2, -0.15) is 0 Å². The molecule has 0 unspecified atom stereocenters. The van der Waals surface area contributed by atoms with Crippen LogP contribution in [0.15, 0.2) is 134 Å². The summed E-state index contributed by atoms with van der Waals surface area (Å²) in [4.78, 5) is 10.2. The third-order valence-electron chi connectivity index (χ3n) is 17.5. The molecule has 5 heteroatoms. The number of nitrogens with zero attached hydrogens (tertiary/aromatic N) is 4. The molecule has 4 heterocycles. The Bertz CT molecular complexity index is 3190. The summed E-state index contributed by atoms with van der Waals surface area (Å²) in [6.07, 6.45) is 31.2. The fourth-order valence-corrected chi connectivity index (χ4v) is 14.2. The number of aromatic nitrogens is 4. The van der Waals surface area contributed by atoms with Crippen LogP contribution in [0.4, 0.5) is 0 Å². The van der Waals surface area contributed by atoms with Crippen molar-refractivity contribution in [2.24, 2.45) is 0 Å². The molecule has 4 aliphatic carbocycles. The third-order valence-corrected chi connectivity index (χ3v) is 17.5. The van der Waals surface area contributed by atoms with Crippen molar-refractivity contribution in [3.05, 3.63) is 168 Å².